The summed E-state index contributed by atoms with van der Waals surface area (Å²) < 4.78 is 2.72. The highest BCUT2D eigenvalue weighted by atomic mass is 35.5. The molecule has 3 nitrogen and oxygen atoms in total. The fraction of sp³-hybridized carbons (Fsp3) is 0.333. The summed E-state index contributed by atoms with van der Waals surface area (Å²) in [6.45, 7) is 3.02. The van der Waals surface area contributed by atoms with Crippen LogP contribution in [-0.2, 0) is 13.0 Å². The molecule has 0 saturated carbocycles. The van der Waals surface area contributed by atoms with E-state index in [1.165, 1.54) is 0 Å². The van der Waals surface area contributed by atoms with Crippen molar-refractivity contribution in [2.75, 3.05) is 0 Å². The number of hydrogen-bond donors (Lipinski definition) is 1. The van der Waals surface area contributed by atoms with Gasteiger partial charge in [0, 0.05) is 18.0 Å². The summed E-state index contributed by atoms with van der Waals surface area (Å²) >= 11 is 11.2. The van der Waals surface area contributed by atoms with Gasteiger partial charge in [-0.05, 0) is 36.3 Å². The molecule has 0 fully saturated rings. The highest BCUT2D eigenvalue weighted by molar-refractivity contribution is 7.71. The lowest BCUT2D eigenvalue weighted by Gasteiger charge is -2.05. The number of benzene rings is 1. The summed E-state index contributed by atoms with van der Waals surface area (Å²) in [6.07, 6.45) is 1.78. The Bertz CT molecular complexity index is 559. The van der Waals surface area contributed by atoms with Crippen LogP contribution in [0.1, 0.15) is 24.7 Å². The SMILES string of the molecule is CCCn1c(Cc2cccc(Cl)c2)n[nH]c1=S. The third kappa shape index (κ3) is 2.96. The van der Waals surface area contributed by atoms with Crippen molar-refractivity contribution in [1.82, 2.24) is 14.8 Å². The van der Waals surface area contributed by atoms with Crippen LogP contribution in [-0.4, -0.2) is 14.8 Å². The van der Waals surface area contributed by atoms with E-state index in [0.29, 0.717) is 4.77 Å². The maximum Gasteiger partial charge on any atom is 0.195 e. The molecule has 2 aromatic rings. The van der Waals surface area contributed by atoms with E-state index in [1.54, 1.807) is 0 Å². The number of H-pyrrole nitrogens is 1. The van der Waals surface area contributed by atoms with Crippen molar-refractivity contribution in [1.29, 1.82) is 0 Å². The van der Waals surface area contributed by atoms with Gasteiger partial charge in [-0.1, -0.05) is 30.7 Å². The minimum Gasteiger partial charge on any atom is -0.304 e. The second-order valence-electron chi connectivity index (χ2n) is 3.90. The molecule has 1 N–H and O–H groups in total. The number of aromatic amines is 1. The molecule has 0 atom stereocenters. The Morgan fingerprint density at radius 2 is 2.29 bits per heavy atom. The van der Waals surface area contributed by atoms with E-state index in [4.69, 9.17) is 23.8 Å². The Morgan fingerprint density at radius 1 is 1.47 bits per heavy atom. The van der Waals surface area contributed by atoms with Crippen LogP contribution in [0.15, 0.2) is 24.3 Å². The minimum absolute atomic E-state index is 0.684. The van der Waals surface area contributed by atoms with E-state index < -0.39 is 0 Å². The first-order chi connectivity index (χ1) is 8.20. The van der Waals surface area contributed by atoms with E-state index in [0.717, 1.165) is 35.8 Å². The highest BCUT2D eigenvalue weighted by Crippen LogP contribution is 2.14. The van der Waals surface area contributed by atoms with Gasteiger partial charge in [-0.2, -0.15) is 5.10 Å². The molecule has 1 aromatic heterocycles. The lowest BCUT2D eigenvalue weighted by Crippen LogP contribution is -2.04. The van der Waals surface area contributed by atoms with Crippen molar-refractivity contribution in [3.8, 4) is 0 Å². The van der Waals surface area contributed by atoms with E-state index >= 15 is 0 Å². The molecule has 17 heavy (non-hydrogen) atoms. The van der Waals surface area contributed by atoms with Gasteiger partial charge in [0.25, 0.3) is 0 Å². The van der Waals surface area contributed by atoms with Crippen LogP contribution < -0.4 is 0 Å². The van der Waals surface area contributed by atoms with E-state index in [-0.39, 0.29) is 0 Å². The summed E-state index contributed by atoms with van der Waals surface area (Å²) in [5.74, 6) is 0.958. The molecular formula is C12H14ClN3S. The Morgan fingerprint density at radius 3 is 3.00 bits per heavy atom. The van der Waals surface area contributed by atoms with Gasteiger partial charge in [-0.15, -0.1) is 0 Å². The largest absolute Gasteiger partial charge is 0.304 e. The number of rotatable bonds is 4. The predicted molar refractivity (Wildman–Crippen MR) is 72.0 cm³/mol. The summed E-state index contributed by atoms with van der Waals surface area (Å²) in [5, 5.41) is 7.85. The normalized spacial score (nSPS) is 10.7. The lowest BCUT2D eigenvalue weighted by molar-refractivity contribution is 0.639. The third-order valence-electron chi connectivity index (χ3n) is 2.54. The van der Waals surface area contributed by atoms with Crippen LogP contribution in [0.2, 0.25) is 5.02 Å². The molecule has 2 rings (SSSR count). The molecule has 0 unspecified atom stereocenters. The molecule has 0 saturated heterocycles. The van der Waals surface area contributed by atoms with Gasteiger partial charge in [0.1, 0.15) is 5.82 Å². The fourth-order valence-electron chi connectivity index (χ4n) is 1.77. The zero-order valence-electron chi connectivity index (χ0n) is 9.61. The maximum atomic E-state index is 5.96. The smallest absolute Gasteiger partial charge is 0.195 e. The molecule has 0 radical (unpaired) electrons. The topological polar surface area (TPSA) is 33.6 Å². The van der Waals surface area contributed by atoms with Crippen LogP contribution in [0.25, 0.3) is 0 Å². The Balaban J connectivity index is 2.27. The Labute approximate surface area is 110 Å². The molecule has 0 aliphatic heterocycles. The lowest BCUT2D eigenvalue weighted by atomic mass is 10.1. The minimum atomic E-state index is 0.684. The first-order valence-corrected chi connectivity index (χ1v) is 6.38. The zero-order chi connectivity index (χ0) is 12.3. The van der Waals surface area contributed by atoms with Gasteiger partial charge in [0.2, 0.25) is 0 Å². The average molecular weight is 268 g/mol. The summed E-state index contributed by atoms with van der Waals surface area (Å²) in [7, 11) is 0. The molecule has 90 valence electrons. The van der Waals surface area contributed by atoms with Gasteiger partial charge in [-0.25, -0.2) is 0 Å². The summed E-state index contributed by atoms with van der Waals surface area (Å²) in [4.78, 5) is 0. The van der Waals surface area contributed by atoms with Crippen molar-refractivity contribution >= 4 is 23.8 Å². The van der Waals surface area contributed by atoms with Crippen molar-refractivity contribution in [3.05, 3.63) is 45.4 Å². The monoisotopic (exact) mass is 267 g/mol. The summed E-state index contributed by atoms with van der Waals surface area (Å²) in [6, 6.07) is 7.81. The van der Waals surface area contributed by atoms with Crippen LogP contribution in [0.5, 0.6) is 0 Å². The first-order valence-electron chi connectivity index (χ1n) is 5.59. The molecule has 5 heteroatoms. The van der Waals surface area contributed by atoms with Crippen molar-refractivity contribution < 1.29 is 0 Å². The number of nitrogens with one attached hydrogen (secondary N) is 1. The standard InChI is InChI=1S/C12H14ClN3S/c1-2-6-16-11(14-15-12(16)17)8-9-4-3-5-10(13)7-9/h3-5,7H,2,6,8H2,1H3,(H,15,17). The Hall–Kier alpha value is -1.13. The molecule has 0 aliphatic rings. The van der Waals surface area contributed by atoms with Gasteiger partial charge < -0.3 is 4.57 Å². The molecule has 0 bridgehead atoms. The fourth-order valence-corrected chi connectivity index (χ4v) is 2.22. The van der Waals surface area contributed by atoms with Crippen molar-refractivity contribution in [2.24, 2.45) is 0 Å². The number of aromatic nitrogens is 3. The van der Waals surface area contributed by atoms with E-state index in [2.05, 4.69) is 17.1 Å². The van der Waals surface area contributed by atoms with Crippen LogP contribution in [0.3, 0.4) is 0 Å². The van der Waals surface area contributed by atoms with Gasteiger partial charge in [0.15, 0.2) is 4.77 Å². The molecule has 0 aliphatic carbocycles. The molecule has 1 aromatic carbocycles. The third-order valence-corrected chi connectivity index (χ3v) is 3.08. The predicted octanol–water partition coefficient (Wildman–Crippen LogP) is 3.59. The Kier molecular flexibility index (Phi) is 3.97. The van der Waals surface area contributed by atoms with E-state index in [1.807, 2.05) is 28.8 Å². The molecular weight excluding hydrogens is 254 g/mol. The average Bonchev–Trinajstić information content (AvgIpc) is 2.62. The quantitative estimate of drug-likeness (QED) is 0.859. The number of halogens is 1. The van der Waals surface area contributed by atoms with Crippen molar-refractivity contribution in [2.45, 2.75) is 26.3 Å². The van der Waals surface area contributed by atoms with E-state index in [9.17, 15) is 0 Å². The molecule has 0 amide bonds. The molecule has 1 heterocycles. The van der Waals surface area contributed by atoms with Crippen molar-refractivity contribution in [3.63, 3.8) is 0 Å². The van der Waals surface area contributed by atoms with Crippen LogP contribution in [0.4, 0.5) is 0 Å². The van der Waals surface area contributed by atoms with Gasteiger partial charge >= 0.3 is 0 Å². The maximum absolute atomic E-state index is 5.96. The first kappa shape index (κ1) is 12.3. The second-order valence-corrected chi connectivity index (χ2v) is 4.73. The molecule has 0 spiro atoms. The second kappa shape index (κ2) is 5.47. The summed E-state index contributed by atoms with van der Waals surface area (Å²) in [5.41, 5.74) is 1.14. The highest BCUT2D eigenvalue weighted by Gasteiger charge is 2.06. The van der Waals surface area contributed by atoms with Crippen LogP contribution >= 0.6 is 23.8 Å². The van der Waals surface area contributed by atoms with Gasteiger partial charge in [0.05, 0.1) is 0 Å². The van der Waals surface area contributed by atoms with Gasteiger partial charge in [-0.3, -0.25) is 5.10 Å². The number of hydrogen-bond acceptors (Lipinski definition) is 2. The number of nitrogens with zero attached hydrogens (tertiary/aromatic N) is 2. The van der Waals surface area contributed by atoms with Crippen LogP contribution in [0, 0.1) is 4.77 Å². The zero-order valence-corrected chi connectivity index (χ0v) is 11.2.